The van der Waals surface area contributed by atoms with Gasteiger partial charge >= 0.3 is 5.97 Å². The fourth-order valence-corrected chi connectivity index (χ4v) is 2.04. The Kier molecular flexibility index (Phi) is 5.52. The van der Waals surface area contributed by atoms with E-state index >= 15 is 0 Å². The highest BCUT2D eigenvalue weighted by molar-refractivity contribution is 5.97. The molecule has 0 heterocycles. The maximum Gasteiger partial charge on any atom is 0.339 e. The van der Waals surface area contributed by atoms with Crippen LogP contribution in [0.2, 0.25) is 0 Å². The molecular weight excluding hydrogens is 313 g/mol. The quantitative estimate of drug-likeness (QED) is 0.854. The van der Waals surface area contributed by atoms with Crippen LogP contribution in [0, 0.1) is 12.7 Å². The number of esters is 1. The summed E-state index contributed by atoms with van der Waals surface area (Å²) in [5, 5.41) is 2.49. The summed E-state index contributed by atoms with van der Waals surface area (Å²) in [4.78, 5) is 24.2. The standard InChI is InChI=1S/C18H18FNO4/c1-11-7-8-13(9-16(11)23-3)18(22)24-12(2)17(21)20-15-6-4-5-14(19)10-15/h4-10,12H,1-3H3,(H,20,21)/t12-/m0/s1. The minimum atomic E-state index is -1.03. The first-order valence-corrected chi connectivity index (χ1v) is 7.32. The number of methoxy groups -OCH3 is 1. The molecule has 0 aliphatic rings. The van der Waals surface area contributed by atoms with Gasteiger partial charge in [0.25, 0.3) is 5.91 Å². The van der Waals surface area contributed by atoms with Crippen LogP contribution < -0.4 is 10.1 Å². The number of nitrogens with one attached hydrogen (secondary N) is 1. The molecule has 5 nitrogen and oxygen atoms in total. The van der Waals surface area contributed by atoms with Crippen molar-refractivity contribution < 1.29 is 23.5 Å². The molecule has 2 aromatic rings. The Hall–Kier alpha value is -2.89. The van der Waals surface area contributed by atoms with Crippen LogP contribution in [0.5, 0.6) is 5.75 Å². The largest absolute Gasteiger partial charge is 0.496 e. The molecule has 0 spiro atoms. The number of rotatable bonds is 5. The van der Waals surface area contributed by atoms with Gasteiger partial charge in [0.2, 0.25) is 0 Å². The number of amides is 1. The molecule has 1 atom stereocenters. The lowest BCUT2D eigenvalue weighted by molar-refractivity contribution is -0.123. The summed E-state index contributed by atoms with van der Waals surface area (Å²) < 4.78 is 23.4. The summed E-state index contributed by atoms with van der Waals surface area (Å²) in [6, 6.07) is 10.3. The molecule has 2 aromatic carbocycles. The van der Waals surface area contributed by atoms with Crippen molar-refractivity contribution in [3.8, 4) is 5.75 Å². The number of benzene rings is 2. The first-order valence-electron chi connectivity index (χ1n) is 7.32. The van der Waals surface area contributed by atoms with Gasteiger partial charge in [0.05, 0.1) is 12.7 Å². The molecule has 0 radical (unpaired) electrons. The monoisotopic (exact) mass is 331 g/mol. The fourth-order valence-electron chi connectivity index (χ4n) is 2.04. The summed E-state index contributed by atoms with van der Waals surface area (Å²) in [6.45, 7) is 3.29. The topological polar surface area (TPSA) is 64.6 Å². The van der Waals surface area contributed by atoms with Gasteiger partial charge in [-0.1, -0.05) is 12.1 Å². The summed E-state index contributed by atoms with van der Waals surface area (Å²) in [5.74, 6) is -1.10. The van der Waals surface area contributed by atoms with Crippen molar-refractivity contribution in [2.24, 2.45) is 0 Å². The summed E-state index contributed by atoms with van der Waals surface area (Å²) in [7, 11) is 1.51. The van der Waals surface area contributed by atoms with Gasteiger partial charge in [-0.15, -0.1) is 0 Å². The van der Waals surface area contributed by atoms with Gasteiger partial charge < -0.3 is 14.8 Å². The Morgan fingerprint density at radius 3 is 2.58 bits per heavy atom. The van der Waals surface area contributed by atoms with Crippen LogP contribution in [0.15, 0.2) is 42.5 Å². The number of anilines is 1. The Morgan fingerprint density at radius 2 is 1.92 bits per heavy atom. The first-order chi connectivity index (χ1) is 11.4. The highest BCUT2D eigenvalue weighted by Crippen LogP contribution is 2.20. The van der Waals surface area contributed by atoms with Crippen LogP contribution in [-0.2, 0) is 9.53 Å². The lowest BCUT2D eigenvalue weighted by Crippen LogP contribution is -2.30. The third kappa shape index (κ3) is 4.32. The Morgan fingerprint density at radius 1 is 1.17 bits per heavy atom. The third-order valence-electron chi connectivity index (χ3n) is 3.39. The second-order valence-electron chi connectivity index (χ2n) is 5.23. The van der Waals surface area contributed by atoms with Crippen LogP contribution >= 0.6 is 0 Å². The molecular formula is C18H18FNO4. The van der Waals surface area contributed by atoms with E-state index < -0.39 is 23.8 Å². The number of carbonyl (C=O) groups is 2. The molecule has 1 amide bonds. The molecule has 0 aliphatic carbocycles. The predicted molar refractivity (Wildman–Crippen MR) is 87.6 cm³/mol. The van der Waals surface area contributed by atoms with Gasteiger partial charge in [-0.25, -0.2) is 9.18 Å². The maximum atomic E-state index is 13.1. The molecule has 24 heavy (non-hydrogen) atoms. The second kappa shape index (κ2) is 7.59. The number of hydrogen-bond acceptors (Lipinski definition) is 4. The number of hydrogen-bond donors (Lipinski definition) is 1. The second-order valence-corrected chi connectivity index (χ2v) is 5.23. The molecule has 0 saturated carbocycles. The molecule has 0 saturated heterocycles. The highest BCUT2D eigenvalue weighted by atomic mass is 19.1. The lowest BCUT2D eigenvalue weighted by atomic mass is 10.1. The van der Waals surface area contributed by atoms with Crippen molar-refractivity contribution in [1.82, 2.24) is 0 Å². The van der Waals surface area contributed by atoms with E-state index in [0.717, 1.165) is 5.56 Å². The van der Waals surface area contributed by atoms with E-state index in [9.17, 15) is 14.0 Å². The van der Waals surface area contributed by atoms with Gasteiger partial charge in [0, 0.05) is 5.69 Å². The molecule has 0 unspecified atom stereocenters. The normalized spacial score (nSPS) is 11.5. The number of halogens is 1. The number of ether oxygens (including phenoxy) is 2. The Bertz CT molecular complexity index is 760. The van der Waals surface area contributed by atoms with Crippen molar-refractivity contribution in [2.75, 3.05) is 12.4 Å². The molecule has 2 rings (SSSR count). The zero-order valence-corrected chi connectivity index (χ0v) is 13.6. The van der Waals surface area contributed by atoms with Gasteiger partial charge in [-0.2, -0.15) is 0 Å². The van der Waals surface area contributed by atoms with Crippen LogP contribution in [-0.4, -0.2) is 25.1 Å². The van der Waals surface area contributed by atoms with E-state index in [1.54, 1.807) is 24.3 Å². The van der Waals surface area contributed by atoms with Gasteiger partial charge in [0.1, 0.15) is 11.6 Å². The Balaban J connectivity index is 2.01. The average molecular weight is 331 g/mol. The molecule has 0 fully saturated rings. The zero-order valence-electron chi connectivity index (χ0n) is 13.6. The SMILES string of the molecule is COc1cc(C(=O)O[C@@H](C)C(=O)Nc2cccc(F)c2)ccc1C. The van der Waals surface area contributed by atoms with Crippen LogP contribution in [0.25, 0.3) is 0 Å². The molecule has 6 heteroatoms. The molecule has 0 bridgehead atoms. The maximum absolute atomic E-state index is 13.1. The molecule has 0 aromatic heterocycles. The summed E-state index contributed by atoms with van der Waals surface area (Å²) in [5.41, 5.74) is 1.45. The van der Waals surface area contributed by atoms with Gasteiger partial charge in [0.15, 0.2) is 6.10 Å². The van der Waals surface area contributed by atoms with E-state index in [-0.39, 0.29) is 5.56 Å². The van der Waals surface area contributed by atoms with E-state index in [2.05, 4.69) is 5.32 Å². The molecule has 0 aliphatic heterocycles. The minimum Gasteiger partial charge on any atom is -0.496 e. The number of aryl methyl sites for hydroxylation is 1. The van der Waals surface area contributed by atoms with Gasteiger partial charge in [-0.3, -0.25) is 4.79 Å². The zero-order chi connectivity index (χ0) is 17.7. The van der Waals surface area contributed by atoms with Gasteiger partial charge in [-0.05, 0) is 49.7 Å². The Labute approximate surface area is 139 Å². The summed E-state index contributed by atoms with van der Waals surface area (Å²) >= 11 is 0. The first kappa shape index (κ1) is 17.5. The average Bonchev–Trinajstić information content (AvgIpc) is 2.55. The van der Waals surface area contributed by atoms with Crippen molar-refractivity contribution >= 4 is 17.6 Å². The van der Waals surface area contributed by atoms with E-state index in [1.807, 2.05) is 6.92 Å². The highest BCUT2D eigenvalue weighted by Gasteiger charge is 2.20. The number of carbonyl (C=O) groups excluding carboxylic acids is 2. The van der Waals surface area contributed by atoms with E-state index in [0.29, 0.717) is 11.4 Å². The van der Waals surface area contributed by atoms with Crippen molar-refractivity contribution in [3.63, 3.8) is 0 Å². The van der Waals surface area contributed by atoms with Crippen molar-refractivity contribution in [1.29, 1.82) is 0 Å². The van der Waals surface area contributed by atoms with Crippen molar-refractivity contribution in [2.45, 2.75) is 20.0 Å². The summed E-state index contributed by atoms with van der Waals surface area (Å²) in [6.07, 6.45) is -1.03. The fraction of sp³-hybridized carbons (Fsp3) is 0.222. The van der Waals surface area contributed by atoms with E-state index in [4.69, 9.17) is 9.47 Å². The third-order valence-corrected chi connectivity index (χ3v) is 3.39. The molecule has 1 N–H and O–H groups in total. The van der Waals surface area contributed by atoms with Crippen molar-refractivity contribution in [3.05, 3.63) is 59.4 Å². The minimum absolute atomic E-state index is 0.280. The van der Waals surface area contributed by atoms with E-state index in [1.165, 1.54) is 32.2 Å². The molecule has 126 valence electrons. The van der Waals surface area contributed by atoms with Crippen LogP contribution in [0.1, 0.15) is 22.8 Å². The van der Waals surface area contributed by atoms with Crippen LogP contribution in [0.4, 0.5) is 10.1 Å². The van der Waals surface area contributed by atoms with Crippen LogP contribution in [0.3, 0.4) is 0 Å². The lowest BCUT2D eigenvalue weighted by Gasteiger charge is -2.14. The smallest absolute Gasteiger partial charge is 0.339 e. The predicted octanol–water partition coefficient (Wildman–Crippen LogP) is 3.33.